The summed E-state index contributed by atoms with van der Waals surface area (Å²) < 4.78 is 0. The van der Waals surface area contributed by atoms with E-state index in [0.29, 0.717) is 5.02 Å². The maximum Gasteiger partial charge on any atom is 0.230 e. The Morgan fingerprint density at radius 2 is 2.00 bits per heavy atom. The summed E-state index contributed by atoms with van der Waals surface area (Å²) in [4.78, 5) is 17.1. The highest BCUT2D eigenvalue weighted by Gasteiger charge is 2.15. The molecule has 1 aromatic heterocycles. The van der Waals surface area contributed by atoms with Crippen molar-refractivity contribution in [3.05, 3.63) is 69.7 Å². The van der Waals surface area contributed by atoms with E-state index in [0.717, 1.165) is 34.8 Å². The second-order valence-corrected chi connectivity index (χ2v) is 7.82. The van der Waals surface area contributed by atoms with Gasteiger partial charge in [0.15, 0.2) is 0 Å². The third kappa shape index (κ3) is 3.81. The number of carbonyl (C=O) groups is 1. The van der Waals surface area contributed by atoms with Crippen LogP contribution in [0.4, 0.5) is 5.69 Å². The van der Waals surface area contributed by atoms with E-state index in [-0.39, 0.29) is 12.3 Å². The molecule has 132 valence electrons. The maximum atomic E-state index is 12.5. The minimum absolute atomic E-state index is 0.0214. The van der Waals surface area contributed by atoms with Crippen LogP contribution in [-0.2, 0) is 24.1 Å². The SMILES string of the molecule is O=C(Cc1csc(-c2cccc(Cl)c2)n1)Nc1cccc2c1CCCC2. The molecule has 0 aliphatic heterocycles. The lowest BCUT2D eigenvalue weighted by Crippen LogP contribution is -2.17. The number of halogens is 1. The Morgan fingerprint density at radius 3 is 2.88 bits per heavy atom. The predicted molar refractivity (Wildman–Crippen MR) is 108 cm³/mol. The van der Waals surface area contributed by atoms with Gasteiger partial charge in [-0.2, -0.15) is 0 Å². The van der Waals surface area contributed by atoms with Crippen LogP contribution in [0.2, 0.25) is 5.02 Å². The summed E-state index contributed by atoms with van der Waals surface area (Å²) in [5.74, 6) is -0.0214. The topological polar surface area (TPSA) is 42.0 Å². The molecule has 1 aliphatic rings. The first kappa shape index (κ1) is 17.3. The largest absolute Gasteiger partial charge is 0.325 e. The number of nitrogens with one attached hydrogen (secondary N) is 1. The first-order valence-electron chi connectivity index (χ1n) is 8.80. The number of nitrogens with zero attached hydrogens (tertiary/aromatic N) is 1. The van der Waals surface area contributed by atoms with Gasteiger partial charge in [-0.05, 0) is 55.0 Å². The van der Waals surface area contributed by atoms with Gasteiger partial charge >= 0.3 is 0 Å². The summed E-state index contributed by atoms with van der Waals surface area (Å²) in [7, 11) is 0. The quantitative estimate of drug-likeness (QED) is 0.645. The molecule has 0 saturated heterocycles. The van der Waals surface area contributed by atoms with E-state index in [9.17, 15) is 4.79 Å². The highest BCUT2D eigenvalue weighted by molar-refractivity contribution is 7.13. The first-order chi connectivity index (χ1) is 12.7. The van der Waals surface area contributed by atoms with Crippen LogP contribution in [0.5, 0.6) is 0 Å². The third-order valence-electron chi connectivity index (χ3n) is 4.64. The lowest BCUT2D eigenvalue weighted by molar-refractivity contribution is -0.115. The zero-order chi connectivity index (χ0) is 17.9. The second kappa shape index (κ2) is 7.60. The summed E-state index contributed by atoms with van der Waals surface area (Å²) in [6, 6.07) is 13.8. The number of hydrogen-bond donors (Lipinski definition) is 1. The van der Waals surface area contributed by atoms with Crippen molar-refractivity contribution in [3.8, 4) is 10.6 Å². The predicted octanol–water partition coefficient (Wildman–Crippen LogP) is 5.52. The molecule has 0 radical (unpaired) electrons. The molecule has 0 bridgehead atoms. The number of benzene rings is 2. The maximum absolute atomic E-state index is 12.5. The summed E-state index contributed by atoms with van der Waals surface area (Å²) in [6.45, 7) is 0. The smallest absolute Gasteiger partial charge is 0.230 e. The van der Waals surface area contributed by atoms with Crippen molar-refractivity contribution in [2.45, 2.75) is 32.1 Å². The van der Waals surface area contributed by atoms with Crippen LogP contribution in [0.15, 0.2) is 47.8 Å². The minimum Gasteiger partial charge on any atom is -0.325 e. The second-order valence-electron chi connectivity index (χ2n) is 6.53. The Morgan fingerprint density at radius 1 is 1.15 bits per heavy atom. The zero-order valence-electron chi connectivity index (χ0n) is 14.3. The van der Waals surface area contributed by atoms with Gasteiger partial charge in [0.25, 0.3) is 0 Å². The van der Waals surface area contributed by atoms with Gasteiger partial charge in [0.1, 0.15) is 5.01 Å². The van der Waals surface area contributed by atoms with Gasteiger partial charge in [0, 0.05) is 21.7 Å². The van der Waals surface area contributed by atoms with Gasteiger partial charge in [-0.15, -0.1) is 11.3 Å². The van der Waals surface area contributed by atoms with Gasteiger partial charge in [-0.3, -0.25) is 4.79 Å². The molecule has 0 fully saturated rings. The molecule has 0 atom stereocenters. The molecule has 1 N–H and O–H groups in total. The summed E-state index contributed by atoms with van der Waals surface area (Å²) in [6.07, 6.45) is 4.85. The molecule has 0 saturated carbocycles. The number of aromatic nitrogens is 1. The monoisotopic (exact) mass is 382 g/mol. The number of fused-ring (bicyclic) bond motifs is 1. The van der Waals surface area contributed by atoms with E-state index >= 15 is 0 Å². The molecule has 2 aromatic carbocycles. The Balaban J connectivity index is 1.46. The van der Waals surface area contributed by atoms with E-state index < -0.39 is 0 Å². The van der Waals surface area contributed by atoms with Crippen molar-refractivity contribution >= 4 is 34.5 Å². The Hall–Kier alpha value is -2.17. The van der Waals surface area contributed by atoms with Crippen LogP contribution in [0.1, 0.15) is 29.7 Å². The number of amides is 1. The molecule has 26 heavy (non-hydrogen) atoms. The lowest BCUT2D eigenvalue weighted by atomic mass is 9.90. The van der Waals surface area contributed by atoms with E-state index in [4.69, 9.17) is 11.6 Å². The molecule has 0 spiro atoms. The van der Waals surface area contributed by atoms with Gasteiger partial charge < -0.3 is 5.32 Å². The van der Waals surface area contributed by atoms with Crippen molar-refractivity contribution in [3.63, 3.8) is 0 Å². The molecule has 1 amide bonds. The van der Waals surface area contributed by atoms with Gasteiger partial charge in [0.05, 0.1) is 12.1 Å². The molecule has 1 aliphatic carbocycles. The standard InChI is InChI=1S/C21H19ClN2OS/c22-16-8-3-7-15(11-16)21-23-17(13-26-21)12-20(25)24-19-10-4-6-14-5-1-2-9-18(14)19/h3-4,6-8,10-11,13H,1-2,5,9,12H2,(H,24,25). The molecular formula is C21H19ClN2OS. The molecule has 0 unspecified atom stereocenters. The van der Waals surface area contributed by atoms with Crippen molar-refractivity contribution in [2.75, 3.05) is 5.32 Å². The van der Waals surface area contributed by atoms with Crippen LogP contribution in [-0.4, -0.2) is 10.9 Å². The van der Waals surface area contributed by atoms with E-state index in [1.807, 2.05) is 41.8 Å². The normalized spacial score (nSPS) is 13.3. The average molecular weight is 383 g/mol. The van der Waals surface area contributed by atoms with E-state index in [2.05, 4.69) is 16.4 Å². The Bertz CT molecular complexity index is 951. The summed E-state index contributed by atoms with van der Waals surface area (Å²) in [5.41, 5.74) is 5.38. The van der Waals surface area contributed by atoms with Crippen molar-refractivity contribution in [2.24, 2.45) is 0 Å². The third-order valence-corrected chi connectivity index (χ3v) is 5.81. The highest BCUT2D eigenvalue weighted by atomic mass is 35.5. The number of aryl methyl sites for hydroxylation is 1. The zero-order valence-corrected chi connectivity index (χ0v) is 15.9. The fraction of sp³-hybridized carbons (Fsp3) is 0.238. The minimum atomic E-state index is -0.0214. The lowest BCUT2D eigenvalue weighted by Gasteiger charge is -2.19. The first-order valence-corrected chi connectivity index (χ1v) is 10.1. The van der Waals surface area contributed by atoms with Crippen LogP contribution >= 0.6 is 22.9 Å². The number of carbonyl (C=O) groups excluding carboxylic acids is 1. The van der Waals surface area contributed by atoms with Crippen LogP contribution in [0, 0.1) is 0 Å². The molecule has 3 aromatic rings. The molecule has 5 heteroatoms. The highest BCUT2D eigenvalue weighted by Crippen LogP contribution is 2.29. The van der Waals surface area contributed by atoms with Crippen molar-refractivity contribution in [1.29, 1.82) is 0 Å². The van der Waals surface area contributed by atoms with Crippen LogP contribution < -0.4 is 5.32 Å². The Kier molecular flexibility index (Phi) is 5.05. The van der Waals surface area contributed by atoms with E-state index in [1.165, 1.54) is 35.3 Å². The fourth-order valence-electron chi connectivity index (χ4n) is 3.40. The van der Waals surface area contributed by atoms with Crippen LogP contribution in [0.3, 0.4) is 0 Å². The van der Waals surface area contributed by atoms with Crippen molar-refractivity contribution in [1.82, 2.24) is 4.98 Å². The number of thiazole rings is 1. The Labute approximate surface area is 162 Å². The number of rotatable bonds is 4. The molecule has 1 heterocycles. The number of anilines is 1. The van der Waals surface area contributed by atoms with Gasteiger partial charge in [-0.25, -0.2) is 4.98 Å². The molecule has 3 nitrogen and oxygen atoms in total. The average Bonchev–Trinajstić information content (AvgIpc) is 3.10. The van der Waals surface area contributed by atoms with E-state index in [1.54, 1.807) is 0 Å². The molecular weight excluding hydrogens is 364 g/mol. The van der Waals surface area contributed by atoms with Crippen molar-refractivity contribution < 1.29 is 4.79 Å². The fourth-order valence-corrected chi connectivity index (χ4v) is 4.41. The number of hydrogen-bond acceptors (Lipinski definition) is 3. The summed E-state index contributed by atoms with van der Waals surface area (Å²) >= 11 is 7.58. The van der Waals surface area contributed by atoms with Gasteiger partial charge in [0.2, 0.25) is 5.91 Å². The van der Waals surface area contributed by atoms with Crippen LogP contribution in [0.25, 0.3) is 10.6 Å². The molecule has 4 rings (SSSR count). The van der Waals surface area contributed by atoms with Gasteiger partial charge in [-0.1, -0.05) is 35.9 Å². The summed E-state index contributed by atoms with van der Waals surface area (Å²) in [5, 5.41) is 6.59.